The molecule has 0 fully saturated rings. The number of thioether (sulfide) groups is 1. The van der Waals surface area contributed by atoms with Gasteiger partial charge >= 0.3 is 0 Å². The van der Waals surface area contributed by atoms with Gasteiger partial charge in [0.25, 0.3) is 0 Å². The Labute approximate surface area is 99.5 Å². The van der Waals surface area contributed by atoms with Gasteiger partial charge in [-0.15, -0.1) is 0 Å². The zero-order chi connectivity index (χ0) is 12.1. The maximum Gasteiger partial charge on any atom is 0.230 e. The van der Waals surface area contributed by atoms with Crippen LogP contribution in [0, 0.1) is 0 Å². The van der Waals surface area contributed by atoms with Crippen molar-refractivity contribution in [3.05, 3.63) is 0 Å². The van der Waals surface area contributed by atoms with Gasteiger partial charge in [0.05, 0.1) is 6.61 Å². The topological polar surface area (TPSA) is 74.2 Å². The molecule has 7 heteroatoms. The number of nitrogens with one attached hydrogen (secondary N) is 1. The summed E-state index contributed by atoms with van der Waals surface area (Å²) in [5.41, 5.74) is 0. The molecule has 1 aromatic rings. The fraction of sp³-hybridized carbons (Fsp3) is 0.667. The van der Waals surface area contributed by atoms with E-state index in [9.17, 15) is 0 Å². The summed E-state index contributed by atoms with van der Waals surface area (Å²) < 4.78 is 0. The quantitative estimate of drug-likeness (QED) is 0.727. The molecule has 1 atom stereocenters. The fourth-order valence-corrected chi connectivity index (χ4v) is 1.64. The SMILES string of the molecule is CNc1nc(SC(C)CO)nc(N(C)C)n1. The van der Waals surface area contributed by atoms with Gasteiger partial charge in [0.1, 0.15) is 0 Å². The molecule has 1 aromatic heterocycles. The summed E-state index contributed by atoms with van der Waals surface area (Å²) >= 11 is 1.43. The number of aromatic nitrogens is 3. The van der Waals surface area contributed by atoms with Gasteiger partial charge < -0.3 is 15.3 Å². The van der Waals surface area contributed by atoms with Crippen LogP contribution in [-0.4, -0.2) is 53.1 Å². The Morgan fingerprint density at radius 1 is 1.38 bits per heavy atom. The minimum Gasteiger partial charge on any atom is -0.395 e. The van der Waals surface area contributed by atoms with E-state index >= 15 is 0 Å². The summed E-state index contributed by atoms with van der Waals surface area (Å²) in [6.07, 6.45) is 0. The standard InChI is InChI=1S/C9H17N5OS/c1-6(5-15)16-9-12-7(10-2)11-8(13-9)14(3)4/h6,15H,5H2,1-4H3,(H,10,11,12,13). The molecule has 0 radical (unpaired) electrons. The van der Waals surface area contributed by atoms with Crippen molar-refractivity contribution in [3.8, 4) is 0 Å². The van der Waals surface area contributed by atoms with Gasteiger partial charge in [-0.1, -0.05) is 18.7 Å². The van der Waals surface area contributed by atoms with E-state index in [0.29, 0.717) is 17.1 Å². The van der Waals surface area contributed by atoms with Gasteiger partial charge in [-0.3, -0.25) is 0 Å². The Bertz CT molecular complexity index is 347. The highest BCUT2D eigenvalue weighted by atomic mass is 32.2. The van der Waals surface area contributed by atoms with Crippen molar-refractivity contribution in [2.24, 2.45) is 0 Å². The van der Waals surface area contributed by atoms with Crippen LogP contribution < -0.4 is 10.2 Å². The van der Waals surface area contributed by atoms with E-state index in [0.717, 1.165) is 0 Å². The second-order valence-corrected chi connectivity index (χ2v) is 4.90. The molecule has 90 valence electrons. The first-order chi connectivity index (χ1) is 7.56. The summed E-state index contributed by atoms with van der Waals surface area (Å²) in [5, 5.41) is 12.6. The summed E-state index contributed by atoms with van der Waals surface area (Å²) in [4.78, 5) is 14.5. The summed E-state index contributed by atoms with van der Waals surface area (Å²) in [5.74, 6) is 1.14. The van der Waals surface area contributed by atoms with E-state index in [-0.39, 0.29) is 11.9 Å². The molecule has 0 aromatic carbocycles. The molecule has 0 aliphatic rings. The lowest BCUT2D eigenvalue weighted by atomic mass is 10.5. The van der Waals surface area contributed by atoms with Gasteiger partial charge in [-0.05, 0) is 0 Å². The molecule has 16 heavy (non-hydrogen) atoms. The van der Waals surface area contributed by atoms with Crippen LogP contribution in [0.3, 0.4) is 0 Å². The molecular formula is C9H17N5OS. The Balaban J connectivity index is 2.95. The Hall–Kier alpha value is -1.08. The van der Waals surface area contributed by atoms with E-state index in [2.05, 4.69) is 20.3 Å². The van der Waals surface area contributed by atoms with E-state index in [4.69, 9.17) is 5.11 Å². The molecule has 0 spiro atoms. The van der Waals surface area contributed by atoms with Crippen molar-refractivity contribution < 1.29 is 5.11 Å². The normalized spacial score (nSPS) is 12.3. The predicted octanol–water partition coefficient (Wildman–Crippen LogP) is 0.452. The average Bonchev–Trinajstić information content (AvgIpc) is 2.28. The smallest absolute Gasteiger partial charge is 0.230 e. The van der Waals surface area contributed by atoms with Gasteiger partial charge in [-0.25, -0.2) is 0 Å². The van der Waals surface area contributed by atoms with Crippen LogP contribution >= 0.6 is 11.8 Å². The van der Waals surface area contributed by atoms with Crippen molar-refractivity contribution in [1.29, 1.82) is 0 Å². The second kappa shape index (κ2) is 5.86. The molecule has 0 bridgehead atoms. The molecule has 1 rings (SSSR count). The van der Waals surface area contributed by atoms with Gasteiger partial charge in [0, 0.05) is 26.4 Å². The van der Waals surface area contributed by atoms with Crippen LogP contribution in [0.25, 0.3) is 0 Å². The van der Waals surface area contributed by atoms with E-state index in [1.54, 1.807) is 7.05 Å². The lowest BCUT2D eigenvalue weighted by Crippen LogP contribution is -2.15. The monoisotopic (exact) mass is 243 g/mol. The third-order valence-electron chi connectivity index (χ3n) is 1.79. The van der Waals surface area contributed by atoms with Crippen molar-refractivity contribution in [2.45, 2.75) is 17.3 Å². The zero-order valence-electron chi connectivity index (χ0n) is 9.93. The molecule has 1 heterocycles. The number of hydrogen-bond acceptors (Lipinski definition) is 7. The molecule has 1 unspecified atom stereocenters. The summed E-state index contributed by atoms with van der Waals surface area (Å²) in [6, 6.07) is 0. The van der Waals surface area contributed by atoms with Crippen LogP contribution in [0.5, 0.6) is 0 Å². The molecule has 0 amide bonds. The maximum atomic E-state index is 8.98. The highest BCUT2D eigenvalue weighted by Crippen LogP contribution is 2.21. The van der Waals surface area contributed by atoms with E-state index < -0.39 is 0 Å². The Morgan fingerprint density at radius 3 is 2.56 bits per heavy atom. The molecule has 6 nitrogen and oxygen atoms in total. The summed E-state index contributed by atoms with van der Waals surface area (Å²) in [7, 11) is 5.51. The summed E-state index contributed by atoms with van der Waals surface area (Å²) in [6.45, 7) is 2.02. The van der Waals surface area contributed by atoms with Crippen LogP contribution in [0.15, 0.2) is 5.16 Å². The molecule has 0 saturated carbocycles. The Kier molecular flexibility index (Phi) is 4.75. The lowest BCUT2D eigenvalue weighted by Gasteiger charge is -2.13. The van der Waals surface area contributed by atoms with Crippen molar-refractivity contribution in [2.75, 3.05) is 38.0 Å². The average molecular weight is 243 g/mol. The van der Waals surface area contributed by atoms with Crippen molar-refractivity contribution >= 4 is 23.7 Å². The number of rotatable bonds is 5. The number of aliphatic hydroxyl groups excluding tert-OH is 1. The zero-order valence-corrected chi connectivity index (χ0v) is 10.7. The third-order valence-corrected chi connectivity index (χ3v) is 2.74. The van der Waals surface area contributed by atoms with Crippen LogP contribution in [0.1, 0.15) is 6.92 Å². The minimum atomic E-state index is 0.0714. The lowest BCUT2D eigenvalue weighted by molar-refractivity contribution is 0.300. The number of aliphatic hydroxyl groups is 1. The number of anilines is 2. The highest BCUT2D eigenvalue weighted by molar-refractivity contribution is 7.99. The second-order valence-electron chi connectivity index (χ2n) is 3.50. The maximum absolute atomic E-state index is 8.98. The van der Waals surface area contributed by atoms with Gasteiger partial charge in [0.2, 0.25) is 11.9 Å². The van der Waals surface area contributed by atoms with E-state index in [1.165, 1.54) is 11.8 Å². The molecular weight excluding hydrogens is 226 g/mol. The number of nitrogens with zero attached hydrogens (tertiary/aromatic N) is 4. The third kappa shape index (κ3) is 3.49. The van der Waals surface area contributed by atoms with Gasteiger partial charge in [0.15, 0.2) is 5.16 Å². The Morgan fingerprint density at radius 2 is 2.06 bits per heavy atom. The fourth-order valence-electron chi connectivity index (χ4n) is 0.928. The van der Waals surface area contributed by atoms with Gasteiger partial charge in [-0.2, -0.15) is 15.0 Å². The van der Waals surface area contributed by atoms with Crippen molar-refractivity contribution in [3.63, 3.8) is 0 Å². The first kappa shape index (κ1) is 13.0. The molecule has 2 N–H and O–H groups in total. The molecule has 0 aliphatic carbocycles. The molecule has 0 saturated heterocycles. The van der Waals surface area contributed by atoms with E-state index in [1.807, 2.05) is 25.9 Å². The van der Waals surface area contributed by atoms with Crippen LogP contribution in [0.4, 0.5) is 11.9 Å². The molecule has 0 aliphatic heterocycles. The number of hydrogen-bond donors (Lipinski definition) is 2. The first-order valence-electron chi connectivity index (χ1n) is 4.95. The first-order valence-corrected chi connectivity index (χ1v) is 5.83. The van der Waals surface area contributed by atoms with Crippen molar-refractivity contribution in [1.82, 2.24) is 15.0 Å². The largest absolute Gasteiger partial charge is 0.395 e. The van der Waals surface area contributed by atoms with Crippen LogP contribution in [0.2, 0.25) is 0 Å². The highest BCUT2D eigenvalue weighted by Gasteiger charge is 2.10. The van der Waals surface area contributed by atoms with Crippen LogP contribution in [-0.2, 0) is 0 Å². The predicted molar refractivity (Wildman–Crippen MR) is 66.1 cm³/mol. The minimum absolute atomic E-state index is 0.0714.